The van der Waals surface area contributed by atoms with Gasteiger partial charge in [0.2, 0.25) is 5.67 Å². The predicted octanol–water partition coefficient (Wildman–Crippen LogP) is 3.18. The van der Waals surface area contributed by atoms with Gasteiger partial charge in [-0.05, 0) is 12.1 Å². The number of nitrogen functional groups attached to an aromatic ring is 1. The Morgan fingerprint density at radius 1 is 1.36 bits per heavy atom. The first kappa shape index (κ1) is 18.7. The molecule has 2 heterocycles. The number of methoxy groups -OCH3 is 2. The first-order chi connectivity index (χ1) is 11.4. The number of allylic oxidation sites excluding steroid dienone is 3. The average molecular weight is 373 g/mol. The Bertz CT molecular complexity index is 880. The minimum Gasteiger partial charge on any atom is -0.497 e. The van der Waals surface area contributed by atoms with Crippen molar-refractivity contribution < 1.29 is 27.5 Å². The van der Waals surface area contributed by atoms with E-state index >= 15 is 4.39 Å². The summed E-state index contributed by atoms with van der Waals surface area (Å²) in [5, 5.41) is 0.469. The summed E-state index contributed by atoms with van der Waals surface area (Å²) in [5.41, 5.74) is 3.18. The van der Waals surface area contributed by atoms with Crippen molar-refractivity contribution in [3.05, 3.63) is 47.5 Å². The number of nitrogens with zero attached hydrogens (tertiary/aromatic N) is 1. The highest BCUT2D eigenvalue weighted by molar-refractivity contribution is 5.85. The fraction of sp³-hybridized carbons (Fsp3) is 0.250. The van der Waals surface area contributed by atoms with Crippen LogP contribution in [0.2, 0.25) is 0 Å². The van der Waals surface area contributed by atoms with Gasteiger partial charge in [0.05, 0.1) is 20.4 Å². The number of hydrogen-bond acceptors (Lipinski definition) is 6. The first-order valence-corrected chi connectivity index (χ1v) is 6.95. The van der Waals surface area contributed by atoms with Gasteiger partial charge in [0.25, 0.3) is 0 Å². The van der Waals surface area contributed by atoms with Crippen molar-refractivity contribution in [1.29, 1.82) is 0 Å². The summed E-state index contributed by atoms with van der Waals surface area (Å²) >= 11 is 0. The lowest BCUT2D eigenvalue weighted by molar-refractivity contribution is -0.116. The molecule has 0 fully saturated rings. The van der Waals surface area contributed by atoms with E-state index in [1.54, 1.807) is 0 Å². The van der Waals surface area contributed by atoms with Gasteiger partial charge in [-0.2, -0.15) is 0 Å². The third kappa shape index (κ3) is 2.72. The summed E-state index contributed by atoms with van der Waals surface area (Å²) in [7, 11) is 2.42. The number of carbonyl (C=O) groups excluding carboxylic acids is 1. The SMILES string of the molecule is COC1=CC(OC)=C(F)C(C=O)C1(F)c1cc2cc(N)ncc2o1.Cl. The second-order valence-electron chi connectivity index (χ2n) is 5.21. The van der Waals surface area contributed by atoms with Gasteiger partial charge in [-0.25, -0.2) is 13.8 Å². The first-order valence-electron chi connectivity index (χ1n) is 6.95. The lowest BCUT2D eigenvalue weighted by Crippen LogP contribution is -2.37. The van der Waals surface area contributed by atoms with Crippen LogP contribution in [0, 0.1) is 5.92 Å². The number of aromatic nitrogens is 1. The molecular weight excluding hydrogens is 358 g/mol. The molecule has 0 amide bonds. The van der Waals surface area contributed by atoms with E-state index in [0.29, 0.717) is 5.39 Å². The minimum absolute atomic E-state index is 0. The van der Waals surface area contributed by atoms with Gasteiger partial charge in [-0.3, -0.25) is 0 Å². The van der Waals surface area contributed by atoms with Crippen molar-refractivity contribution in [3.63, 3.8) is 0 Å². The number of ether oxygens (including phenoxy) is 2. The molecule has 2 atom stereocenters. The zero-order valence-electron chi connectivity index (χ0n) is 13.3. The number of hydrogen-bond donors (Lipinski definition) is 1. The van der Waals surface area contributed by atoms with E-state index in [1.807, 2.05) is 0 Å². The van der Waals surface area contributed by atoms with Crippen molar-refractivity contribution in [2.45, 2.75) is 5.67 Å². The number of aldehydes is 1. The summed E-state index contributed by atoms with van der Waals surface area (Å²) in [6.45, 7) is 0. The number of furan rings is 1. The molecule has 9 heteroatoms. The van der Waals surface area contributed by atoms with Crippen molar-refractivity contribution in [3.8, 4) is 0 Å². The topological polar surface area (TPSA) is 87.6 Å². The molecule has 25 heavy (non-hydrogen) atoms. The predicted molar refractivity (Wildman–Crippen MR) is 88.2 cm³/mol. The molecule has 2 aromatic heterocycles. The molecule has 2 unspecified atom stereocenters. The standard InChI is InChI=1S/C16H14F2N2O4.ClH/c1-22-10-5-12(23-2)16(18,9(7-21)15(10)17)13-3-8-4-14(19)20-6-11(8)24-13;/h3-7,9H,1-2H3,(H2,19,20);1H. The van der Waals surface area contributed by atoms with Crippen LogP contribution in [-0.2, 0) is 19.9 Å². The Labute approximate surface area is 147 Å². The van der Waals surface area contributed by atoms with Crippen molar-refractivity contribution in [1.82, 2.24) is 4.98 Å². The highest BCUT2D eigenvalue weighted by atomic mass is 35.5. The lowest BCUT2D eigenvalue weighted by atomic mass is 9.81. The second-order valence-corrected chi connectivity index (χ2v) is 5.21. The second kappa shape index (κ2) is 6.72. The molecule has 1 aliphatic rings. The number of alkyl halides is 1. The average Bonchev–Trinajstić information content (AvgIpc) is 2.99. The third-order valence-electron chi connectivity index (χ3n) is 3.92. The van der Waals surface area contributed by atoms with E-state index in [-0.39, 0.29) is 47.4 Å². The largest absolute Gasteiger partial charge is 0.497 e. The Morgan fingerprint density at radius 2 is 2.08 bits per heavy atom. The van der Waals surface area contributed by atoms with E-state index < -0.39 is 17.4 Å². The maximum atomic E-state index is 15.8. The van der Waals surface area contributed by atoms with Crippen LogP contribution in [-0.4, -0.2) is 25.5 Å². The number of fused-ring (bicyclic) bond motifs is 1. The van der Waals surface area contributed by atoms with E-state index in [0.717, 1.165) is 6.08 Å². The molecule has 0 saturated heterocycles. The molecule has 0 aliphatic heterocycles. The van der Waals surface area contributed by atoms with Gasteiger partial charge in [-0.15, -0.1) is 12.4 Å². The molecule has 6 nitrogen and oxygen atoms in total. The molecule has 2 N–H and O–H groups in total. The van der Waals surface area contributed by atoms with Gasteiger partial charge in [-0.1, -0.05) is 0 Å². The molecule has 0 spiro atoms. The van der Waals surface area contributed by atoms with E-state index in [1.165, 1.54) is 32.5 Å². The summed E-state index contributed by atoms with van der Waals surface area (Å²) in [5.74, 6) is -3.52. The van der Waals surface area contributed by atoms with Gasteiger partial charge in [0.1, 0.15) is 23.8 Å². The lowest BCUT2D eigenvalue weighted by Gasteiger charge is -2.32. The normalized spacial score (nSPS) is 23.0. The summed E-state index contributed by atoms with van der Waals surface area (Å²) < 4.78 is 45.6. The molecule has 3 rings (SSSR count). The van der Waals surface area contributed by atoms with E-state index in [2.05, 4.69) is 4.98 Å². The molecular formula is C16H15ClF2N2O4. The fourth-order valence-electron chi connectivity index (χ4n) is 2.71. The summed E-state index contributed by atoms with van der Waals surface area (Å²) in [4.78, 5) is 15.3. The van der Waals surface area contributed by atoms with Gasteiger partial charge < -0.3 is 24.4 Å². The number of nitrogens with two attached hydrogens (primary N) is 1. The molecule has 2 aromatic rings. The quantitative estimate of drug-likeness (QED) is 0.829. The molecule has 1 aliphatic carbocycles. The Morgan fingerprint density at radius 3 is 2.68 bits per heavy atom. The number of anilines is 1. The smallest absolute Gasteiger partial charge is 0.240 e. The highest BCUT2D eigenvalue weighted by Crippen LogP contribution is 2.49. The molecule has 134 valence electrons. The number of halogens is 3. The van der Waals surface area contributed by atoms with Gasteiger partial charge >= 0.3 is 0 Å². The van der Waals surface area contributed by atoms with Crippen LogP contribution < -0.4 is 5.73 Å². The number of rotatable bonds is 4. The summed E-state index contributed by atoms with van der Waals surface area (Å²) in [6, 6.07) is 2.81. The van der Waals surface area contributed by atoms with Crippen molar-refractivity contribution in [2.75, 3.05) is 20.0 Å². The number of carbonyl (C=O) groups is 1. The van der Waals surface area contributed by atoms with Gasteiger partial charge in [0, 0.05) is 11.5 Å². The molecule has 0 radical (unpaired) electrons. The van der Waals surface area contributed by atoms with Crippen LogP contribution in [0.5, 0.6) is 0 Å². The number of pyridine rings is 1. The van der Waals surface area contributed by atoms with Crippen LogP contribution in [0.25, 0.3) is 11.0 Å². The zero-order chi connectivity index (χ0) is 17.5. The summed E-state index contributed by atoms with van der Waals surface area (Å²) in [6.07, 6.45) is 2.52. The third-order valence-corrected chi connectivity index (χ3v) is 3.92. The molecule has 0 bridgehead atoms. The van der Waals surface area contributed by atoms with E-state index in [4.69, 9.17) is 19.6 Å². The Hall–Kier alpha value is -2.61. The maximum Gasteiger partial charge on any atom is 0.240 e. The van der Waals surface area contributed by atoms with Crippen LogP contribution in [0.15, 0.2) is 46.2 Å². The van der Waals surface area contributed by atoms with Gasteiger partial charge in [0.15, 0.2) is 22.9 Å². The van der Waals surface area contributed by atoms with Crippen LogP contribution in [0.3, 0.4) is 0 Å². The highest BCUT2D eigenvalue weighted by Gasteiger charge is 2.54. The Kier molecular flexibility index (Phi) is 5.03. The van der Waals surface area contributed by atoms with Crippen LogP contribution in [0.1, 0.15) is 5.76 Å². The molecule has 0 saturated carbocycles. The fourth-order valence-corrected chi connectivity index (χ4v) is 2.71. The maximum absolute atomic E-state index is 15.8. The molecule has 0 aromatic carbocycles. The van der Waals surface area contributed by atoms with Crippen molar-refractivity contribution in [2.24, 2.45) is 5.92 Å². The van der Waals surface area contributed by atoms with Crippen LogP contribution >= 0.6 is 12.4 Å². The monoisotopic (exact) mass is 372 g/mol. The van der Waals surface area contributed by atoms with Crippen molar-refractivity contribution >= 4 is 35.5 Å². The minimum atomic E-state index is -2.66. The zero-order valence-corrected chi connectivity index (χ0v) is 14.1. The van der Waals surface area contributed by atoms with Crippen LogP contribution in [0.4, 0.5) is 14.6 Å². The Balaban J connectivity index is 0.00000225. The van der Waals surface area contributed by atoms with E-state index in [9.17, 15) is 9.18 Å².